The first-order valence-corrected chi connectivity index (χ1v) is 9.77. The number of hydrogen-bond acceptors (Lipinski definition) is 9. The summed E-state index contributed by atoms with van der Waals surface area (Å²) in [4.78, 5) is 61.6. The zero-order valence-electron chi connectivity index (χ0n) is 17.6. The van der Waals surface area contributed by atoms with Gasteiger partial charge >= 0.3 is 5.97 Å². The van der Waals surface area contributed by atoms with Crippen LogP contribution in [0.1, 0.15) is 35.8 Å². The van der Waals surface area contributed by atoms with Crippen LogP contribution in [0.15, 0.2) is 35.3 Å². The van der Waals surface area contributed by atoms with Crippen LogP contribution in [0.25, 0.3) is 11.2 Å². The number of anilines is 2. The standard InChI is InChI=1S/C20H22N8O5/c1-20(18(32)33,7-6-13(21)29)28-16(30)10-2-4-11(5-3-10)23-8-12-9-24-15-14(25-12)17(31)27-19(22)26-15/h2-5,9,23H,6-8H2,1H3,(H2,21,29)(H,28,30)(H,32,33)(H3,22,24,26,27,31)/t20-/m1/s1. The highest BCUT2D eigenvalue weighted by atomic mass is 16.4. The van der Waals surface area contributed by atoms with Crippen LogP contribution in [0.5, 0.6) is 0 Å². The third-order valence-electron chi connectivity index (χ3n) is 4.84. The predicted molar refractivity (Wildman–Crippen MR) is 118 cm³/mol. The van der Waals surface area contributed by atoms with Crippen LogP contribution in [0.3, 0.4) is 0 Å². The molecule has 1 atom stereocenters. The van der Waals surface area contributed by atoms with Crippen molar-refractivity contribution in [3.63, 3.8) is 0 Å². The third kappa shape index (κ3) is 5.58. The molecule has 0 saturated heterocycles. The maximum Gasteiger partial charge on any atom is 0.329 e. The van der Waals surface area contributed by atoms with Crippen LogP contribution >= 0.6 is 0 Å². The maximum absolute atomic E-state index is 12.5. The summed E-state index contributed by atoms with van der Waals surface area (Å²) in [5.41, 5.74) is 9.99. The fraction of sp³-hybridized carbons (Fsp3) is 0.250. The summed E-state index contributed by atoms with van der Waals surface area (Å²) in [7, 11) is 0. The number of carboxylic acid groups (broad SMARTS) is 1. The minimum Gasteiger partial charge on any atom is -0.480 e. The van der Waals surface area contributed by atoms with Crippen molar-refractivity contribution in [1.29, 1.82) is 0 Å². The fourth-order valence-electron chi connectivity index (χ4n) is 2.91. The van der Waals surface area contributed by atoms with Gasteiger partial charge in [-0.1, -0.05) is 0 Å². The number of aliphatic carboxylic acids is 1. The van der Waals surface area contributed by atoms with Crippen molar-refractivity contribution in [2.24, 2.45) is 5.73 Å². The fourth-order valence-corrected chi connectivity index (χ4v) is 2.91. The molecule has 13 heteroatoms. The number of nitrogens with zero attached hydrogens (tertiary/aromatic N) is 3. The van der Waals surface area contributed by atoms with Gasteiger partial charge in [0.2, 0.25) is 11.9 Å². The minimum atomic E-state index is -1.64. The van der Waals surface area contributed by atoms with E-state index in [0.29, 0.717) is 11.4 Å². The average Bonchev–Trinajstić information content (AvgIpc) is 2.76. The van der Waals surface area contributed by atoms with Crippen molar-refractivity contribution in [1.82, 2.24) is 25.3 Å². The molecule has 2 heterocycles. The first kappa shape index (κ1) is 23.1. The summed E-state index contributed by atoms with van der Waals surface area (Å²) in [6, 6.07) is 6.27. The van der Waals surface area contributed by atoms with Gasteiger partial charge in [-0.2, -0.15) is 4.98 Å². The molecule has 0 radical (unpaired) electrons. The number of amides is 2. The molecule has 0 bridgehead atoms. The molecular weight excluding hydrogens is 432 g/mol. The van der Waals surface area contributed by atoms with E-state index in [0.717, 1.165) is 0 Å². The van der Waals surface area contributed by atoms with Crippen LogP contribution in [-0.2, 0) is 16.1 Å². The molecule has 0 fully saturated rings. The normalized spacial score (nSPS) is 12.6. The number of carbonyl (C=O) groups is 3. The Bertz CT molecular complexity index is 1270. The van der Waals surface area contributed by atoms with Crippen molar-refractivity contribution in [3.8, 4) is 0 Å². The number of aromatic nitrogens is 4. The number of nitrogens with two attached hydrogens (primary N) is 2. The number of nitrogens with one attached hydrogen (secondary N) is 3. The Labute approximate surface area is 186 Å². The quantitative estimate of drug-likeness (QED) is 0.249. The van der Waals surface area contributed by atoms with Gasteiger partial charge in [0.15, 0.2) is 11.2 Å². The van der Waals surface area contributed by atoms with E-state index >= 15 is 0 Å². The van der Waals surface area contributed by atoms with Crippen LogP contribution < -0.4 is 27.7 Å². The molecule has 3 rings (SSSR count). The topological polar surface area (TPSA) is 219 Å². The summed E-state index contributed by atoms with van der Waals surface area (Å²) in [5, 5.41) is 15.0. The van der Waals surface area contributed by atoms with Crippen molar-refractivity contribution in [2.45, 2.75) is 31.8 Å². The number of primary amides is 1. The van der Waals surface area contributed by atoms with Gasteiger partial charge in [0.05, 0.1) is 18.4 Å². The third-order valence-corrected chi connectivity index (χ3v) is 4.84. The second kappa shape index (κ2) is 9.30. The van der Waals surface area contributed by atoms with Crippen molar-refractivity contribution in [2.75, 3.05) is 11.1 Å². The lowest BCUT2D eigenvalue weighted by atomic mass is 9.95. The number of H-pyrrole nitrogens is 1. The second-order valence-electron chi connectivity index (χ2n) is 7.47. The summed E-state index contributed by atoms with van der Waals surface area (Å²) < 4.78 is 0. The van der Waals surface area contributed by atoms with Gasteiger partial charge in [0, 0.05) is 17.7 Å². The van der Waals surface area contributed by atoms with Gasteiger partial charge < -0.3 is 27.2 Å². The zero-order chi connectivity index (χ0) is 24.2. The van der Waals surface area contributed by atoms with Gasteiger partial charge in [0.25, 0.3) is 11.5 Å². The number of nitrogen functional groups attached to an aromatic ring is 1. The van der Waals surface area contributed by atoms with E-state index in [2.05, 4.69) is 30.6 Å². The van der Waals surface area contributed by atoms with Crippen LogP contribution in [0, 0.1) is 0 Å². The highest BCUT2D eigenvalue weighted by molar-refractivity contribution is 5.98. The molecule has 3 aromatic rings. The molecule has 0 saturated carbocycles. The van der Waals surface area contributed by atoms with E-state index in [1.165, 1.54) is 25.3 Å². The van der Waals surface area contributed by atoms with Crippen molar-refractivity contribution >= 4 is 40.6 Å². The maximum atomic E-state index is 12.5. The first-order valence-electron chi connectivity index (χ1n) is 9.77. The molecule has 0 aliphatic rings. The summed E-state index contributed by atoms with van der Waals surface area (Å²) in [6.45, 7) is 1.55. The number of carbonyl (C=O) groups excluding carboxylic acids is 2. The number of hydrogen-bond donors (Lipinski definition) is 6. The molecule has 172 valence electrons. The van der Waals surface area contributed by atoms with Crippen LogP contribution in [-0.4, -0.2) is 48.4 Å². The number of aromatic amines is 1. The summed E-state index contributed by atoms with van der Waals surface area (Å²) >= 11 is 0. The summed E-state index contributed by atoms with van der Waals surface area (Å²) in [6.07, 6.45) is 1.14. The van der Waals surface area contributed by atoms with E-state index in [-0.39, 0.29) is 42.1 Å². The smallest absolute Gasteiger partial charge is 0.329 e. The Kier molecular flexibility index (Phi) is 6.51. The first-order chi connectivity index (χ1) is 15.6. The SMILES string of the molecule is C[C@](CCC(N)=O)(NC(=O)c1ccc(NCc2cnc3nc(N)[nH]c(=O)c3n2)cc1)C(=O)O. The highest BCUT2D eigenvalue weighted by Crippen LogP contribution is 2.16. The lowest BCUT2D eigenvalue weighted by molar-refractivity contribution is -0.144. The van der Waals surface area contributed by atoms with Gasteiger partial charge in [-0.25, -0.2) is 14.8 Å². The van der Waals surface area contributed by atoms with Crippen molar-refractivity contribution < 1.29 is 19.5 Å². The second-order valence-corrected chi connectivity index (χ2v) is 7.47. The Morgan fingerprint density at radius 3 is 2.52 bits per heavy atom. The number of carboxylic acids is 1. The molecule has 1 aromatic carbocycles. The molecule has 0 aliphatic carbocycles. The predicted octanol–water partition coefficient (Wildman–Crippen LogP) is -0.254. The van der Waals surface area contributed by atoms with E-state index in [1.807, 2.05) is 0 Å². The van der Waals surface area contributed by atoms with Gasteiger partial charge in [-0.05, 0) is 37.6 Å². The molecule has 0 aliphatic heterocycles. The Balaban J connectivity index is 1.65. The zero-order valence-corrected chi connectivity index (χ0v) is 17.6. The Morgan fingerprint density at radius 1 is 1.18 bits per heavy atom. The lowest BCUT2D eigenvalue weighted by Crippen LogP contribution is -2.52. The largest absolute Gasteiger partial charge is 0.480 e. The number of fused-ring (bicyclic) bond motifs is 1. The van der Waals surface area contributed by atoms with Crippen LogP contribution in [0.2, 0.25) is 0 Å². The Morgan fingerprint density at radius 2 is 1.88 bits per heavy atom. The summed E-state index contributed by atoms with van der Waals surface area (Å²) in [5.74, 6) is -2.59. The van der Waals surface area contributed by atoms with Crippen LogP contribution in [0.4, 0.5) is 11.6 Å². The van der Waals surface area contributed by atoms with Gasteiger partial charge in [0.1, 0.15) is 5.54 Å². The molecule has 33 heavy (non-hydrogen) atoms. The van der Waals surface area contributed by atoms with E-state index in [9.17, 15) is 24.3 Å². The van der Waals surface area contributed by atoms with Gasteiger partial charge in [-0.15, -0.1) is 0 Å². The number of rotatable bonds is 9. The molecule has 0 spiro atoms. The molecular formula is C20H22N8O5. The van der Waals surface area contributed by atoms with Crippen molar-refractivity contribution in [3.05, 3.63) is 52.1 Å². The van der Waals surface area contributed by atoms with Gasteiger partial charge in [-0.3, -0.25) is 19.4 Å². The molecule has 2 amide bonds. The average molecular weight is 454 g/mol. The van der Waals surface area contributed by atoms with E-state index in [4.69, 9.17) is 11.5 Å². The molecule has 13 nitrogen and oxygen atoms in total. The molecule has 0 unspecified atom stereocenters. The van der Waals surface area contributed by atoms with E-state index in [1.54, 1.807) is 12.1 Å². The molecule has 8 N–H and O–H groups in total. The Hall–Kier alpha value is -4.55. The monoisotopic (exact) mass is 454 g/mol. The van der Waals surface area contributed by atoms with E-state index < -0.39 is 28.9 Å². The number of benzene rings is 1. The highest BCUT2D eigenvalue weighted by Gasteiger charge is 2.35. The minimum absolute atomic E-state index is 0.0478. The lowest BCUT2D eigenvalue weighted by Gasteiger charge is -2.25. The molecule has 2 aromatic heterocycles.